The number of amides is 3. The molecule has 6 unspecified atom stereocenters. The van der Waals surface area contributed by atoms with Crippen molar-refractivity contribution in [2.75, 3.05) is 0 Å². The number of aromatic amines is 1. The van der Waals surface area contributed by atoms with Crippen molar-refractivity contribution in [1.82, 2.24) is 25.9 Å². The number of nitrogens with two attached hydrogens (primary N) is 1. The number of carboxylic acids is 1. The lowest BCUT2D eigenvalue weighted by molar-refractivity contribution is -0.145. The van der Waals surface area contributed by atoms with Gasteiger partial charge in [0.2, 0.25) is 17.7 Å². The molecule has 1 rings (SSSR count). The summed E-state index contributed by atoms with van der Waals surface area (Å²) in [6, 6.07) is -5.21. The van der Waals surface area contributed by atoms with Gasteiger partial charge in [-0.2, -0.15) is 0 Å². The third-order valence-corrected chi connectivity index (χ3v) is 4.19. The third-order valence-electron chi connectivity index (χ3n) is 4.19. The minimum atomic E-state index is -1.57. The van der Waals surface area contributed by atoms with Gasteiger partial charge in [-0.3, -0.25) is 14.4 Å². The van der Waals surface area contributed by atoms with Crippen LogP contribution in [0.3, 0.4) is 0 Å². The van der Waals surface area contributed by atoms with Gasteiger partial charge in [0.15, 0.2) is 6.04 Å². The lowest BCUT2D eigenvalue weighted by atomic mass is 10.1. The third kappa shape index (κ3) is 7.42. The molecular formula is C17H28N6O7. The molecule has 9 N–H and O–H groups in total. The van der Waals surface area contributed by atoms with Crippen molar-refractivity contribution in [1.29, 1.82) is 0 Å². The van der Waals surface area contributed by atoms with Crippen molar-refractivity contribution >= 4 is 23.7 Å². The van der Waals surface area contributed by atoms with Gasteiger partial charge in [0.05, 0.1) is 24.6 Å². The standard InChI is InChI=1S/C17H28N6O7/c1-7(14(26)23-13(9(3)25)17(29)30)21-16(28)12(8(2)24)22-15(27)11(18)4-10-5-19-6-20-10/h5-9,11-13,24-25H,4,18H2,1-3H3,(H,19,20)(H,21,28)(H,22,27)(H,23,26)(H,29,30). The van der Waals surface area contributed by atoms with Crippen LogP contribution in [0.5, 0.6) is 0 Å². The zero-order valence-electron chi connectivity index (χ0n) is 16.8. The highest BCUT2D eigenvalue weighted by atomic mass is 16.4. The van der Waals surface area contributed by atoms with E-state index in [1.165, 1.54) is 33.3 Å². The maximum atomic E-state index is 12.4. The Labute approximate surface area is 172 Å². The van der Waals surface area contributed by atoms with Crippen LogP contribution in [0.4, 0.5) is 0 Å². The molecule has 1 heterocycles. The van der Waals surface area contributed by atoms with Crippen LogP contribution in [0.2, 0.25) is 0 Å². The average molecular weight is 428 g/mol. The van der Waals surface area contributed by atoms with Crippen LogP contribution in [-0.4, -0.2) is 85.4 Å². The Morgan fingerprint density at radius 2 is 1.57 bits per heavy atom. The predicted octanol–water partition coefficient (Wildman–Crippen LogP) is -3.40. The molecule has 1 aromatic rings. The lowest BCUT2D eigenvalue weighted by Crippen LogP contribution is -2.60. The van der Waals surface area contributed by atoms with Gasteiger partial charge in [-0.1, -0.05) is 0 Å². The number of carbonyl (C=O) groups is 4. The summed E-state index contributed by atoms with van der Waals surface area (Å²) in [4.78, 5) is 54.5. The van der Waals surface area contributed by atoms with Crippen LogP contribution in [0.15, 0.2) is 12.5 Å². The van der Waals surface area contributed by atoms with E-state index in [1.54, 1.807) is 0 Å². The van der Waals surface area contributed by atoms with E-state index in [-0.39, 0.29) is 6.42 Å². The molecule has 30 heavy (non-hydrogen) atoms. The number of carboxylic acid groups (broad SMARTS) is 1. The van der Waals surface area contributed by atoms with E-state index in [9.17, 15) is 29.4 Å². The Balaban J connectivity index is 2.70. The summed E-state index contributed by atoms with van der Waals surface area (Å²) in [6.07, 6.45) is 0.354. The highest BCUT2D eigenvalue weighted by Gasteiger charge is 2.31. The van der Waals surface area contributed by atoms with Gasteiger partial charge in [-0.05, 0) is 20.8 Å². The molecule has 3 amide bonds. The van der Waals surface area contributed by atoms with E-state index in [0.29, 0.717) is 5.69 Å². The Morgan fingerprint density at radius 1 is 1.00 bits per heavy atom. The maximum absolute atomic E-state index is 12.4. The molecule has 6 atom stereocenters. The fourth-order valence-electron chi connectivity index (χ4n) is 2.43. The Hall–Kier alpha value is -3.03. The Morgan fingerprint density at radius 3 is 2.03 bits per heavy atom. The number of hydrogen-bond donors (Lipinski definition) is 8. The van der Waals surface area contributed by atoms with Crippen LogP contribution in [-0.2, 0) is 25.6 Å². The van der Waals surface area contributed by atoms with Gasteiger partial charge in [0.1, 0.15) is 12.1 Å². The van der Waals surface area contributed by atoms with E-state index >= 15 is 0 Å². The topological polar surface area (TPSA) is 220 Å². The fourth-order valence-corrected chi connectivity index (χ4v) is 2.43. The molecule has 0 saturated heterocycles. The highest BCUT2D eigenvalue weighted by Crippen LogP contribution is 2.01. The second-order valence-corrected chi connectivity index (χ2v) is 6.91. The zero-order valence-corrected chi connectivity index (χ0v) is 16.8. The van der Waals surface area contributed by atoms with Crippen LogP contribution >= 0.6 is 0 Å². The van der Waals surface area contributed by atoms with Crippen molar-refractivity contribution < 1.29 is 34.5 Å². The van der Waals surface area contributed by atoms with E-state index < -0.39 is 60.1 Å². The number of nitrogens with one attached hydrogen (secondary N) is 4. The predicted molar refractivity (Wildman–Crippen MR) is 103 cm³/mol. The number of imidazole rings is 1. The normalized spacial score (nSPS) is 17.0. The number of aliphatic carboxylic acids is 1. The first-order chi connectivity index (χ1) is 13.9. The van der Waals surface area contributed by atoms with E-state index in [4.69, 9.17) is 10.8 Å². The lowest BCUT2D eigenvalue weighted by Gasteiger charge is -2.25. The molecule has 0 aromatic carbocycles. The van der Waals surface area contributed by atoms with Gasteiger partial charge in [0, 0.05) is 18.3 Å². The first-order valence-electron chi connectivity index (χ1n) is 9.16. The minimum Gasteiger partial charge on any atom is -0.480 e. The molecule has 168 valence electrons. The number of rotatable bonds is 11. The quantitative estimate of drug-likeness (QED) is 0.176. The minimum absolute atomic E-state index is 0.120. The summed E-state index contributed by atoms with van der Waals surface area (Å²) < 4.78 is 0. The summed E-state index contributed by atoms with van der Waals surface area (Å²) >= 11 is 0. The second kappa shape index (κ2) is 11.2. The molecule has 0 aliphatic heterocycles. The van der Waals surface area contributed by atoms with Gasteiger partial charge in [-0.25, -0.2) is 9.78 Å². The van der Waals surface area contributed by atoms with Crippen molar-refractivity contribution in [2.45, 2.75) is 63.6 Å². The van der Waals surface area contributed by atoms with Crippen molar-refractivity contribution in [3.05, 3.63) is 18.2 Å². The molecule has 1 aromatic heterocycles. The van der Waals surface area contributed by atoms with Gasteiger partial charge in [0.25, 0.3) is 0 Å². The zero-order chi connectivity index (χ0) is 23.0. The van der Waals surface area contributed by atoms with Crippen molar-refractivity contribution in [3.63, 3.8) is 0 Å². The molecule has 0 aliphatic carbocycles. The molecule has 0 bridgehead atoms. The molecular weight excluding hydrogens is 400 g/mol. The van der Waals surface area contributed by atoms with E-state index in [2.05, 4.69) is 25.9 Å². The average Bonchev–Trinajstić information content (AvgIpc) is 3.15. The summed E-state index contributed by atoms with van der Waals surface area (Å²) in [6.45, 7) is 3.73. The van der Waals surface area contributed by atoms with Gasteiger partial charge in [-0.15, -0.1) is 0 Å². The monoisotopic (exact) mass is 428 g/mol. The van der Waals surface area contributed by atoms with Crippen LogP contribution in [0, 0.1) is 0 Å². The summed E-state index contributed by atoms with van der Waals surface area (Å²) in [5.74, 6) is -3.90. The number of aromatic nitrogens is 2. The molecule has 0 fully saturated rings. The number of H-pyrrole nitrogens is 1. The first kappa shape index (κ1) is 25.0. The summed E-state index contributed by atoms with van der Waals surface area (Å²) in [7, 11) is 0. The highest BCUT2D eigenvalue weighted by molar-refractivity contribution is 5.94. The number of aliphatic hydroxyl groups excluding tert-OH is 2. The van der Waals surface area contributed by atoms with E-state index in [1.807, 2.05) is 0 Å². The van der Waals surface area contributed by atoms with Crippen molar-refractivity contribution in [3.8, 4) is 0 Å². The Bertz CT molecular complexity index is 737. The second-order valence-electron chi connectivity index (χ2n) is 6.91. The van der Waals surface area contributed by atoms with Crippen LogP contribution in [0.25, 0.3) is 0 Å². The number of carbonyl (C=O) groups excluding carboxylic acids is 3. The first-order valence-corrected chi connectivity index (χ1v) is 9.16. The molecule has 0 spiro atoms. The number of hydrogen-bond acceptors (Lipinski definition) is 8. The fraction of sp³-hybridized carbons (Fsp3) is 0.588. The van der Waals surface area contributed by atoms with Crippen molar-refractivity contribution in [2.24, 2.45) is 5.73 Å². The van der Waals surface area contributed by atoms with Crippen LogP contribution in [0.1, 0.15) is 26.5 Å². The van der Waals surface area contributed by atoms with Crippen LogP contribution < -0.4 is 21.7 Å². The number of aliphatic hydroxyl groups is 2. The van der Waals surface area contributed by atoms with Gasteiger partial charge >= 0.3 is 5.97 Å². The molecule has 0 saturated carbocycles. The molecule has 0 radical (unpaired) electrons. The Kier molecular flexibility index (Phi) is 9.36. The number of nitrogens with zero attached hydrogens (tertiary/aromatic N) is 1. The largest absolute Gasteiger partial charge is 0.480 e. The molecule has 13 nitrogen and oxygen atoms in total. The maximum Gasteiger partial charge on any atom is 0.328 e. The molecule has 13 heteroatoms. The summed E-state index contributed by atoms with van der Waals surface area (Å²) in [5, 5.41) is 35.0. The summed E-state index contributed by atoms with van der Waals surface area (Å²) in [5.41, 5.74) is 6.41. The van der Waals surface area contributed by atoms with Gasteiger partial charge < -0.3 is 42.0 Å². The molecule has 0 aliphatic rings. The van der Waals surface area contributed by atoms with E-state index in [0.717, 1.165) is 0 Å². The smallest absolute Gasteiger partial charge is 0.328 e. The SMILES string of the molecule is CC(NC(=O)C(NC(=O)C(N)Cc1cnc[nH]1)C(C)O)C(=O)NC(C(=O)O)C(C)O.